The molecular formula is C20H27Cl2N5. The largest absolute Gasteiger partial charge is 0.355 e. The fourth-order valence-corrected chi connectivity index (χ4v) is 3.83. The summed E-state index contributed by atoms with van der Waals surface area (Å²) in [6.07, 6.45) is 5.19. The summed E-state index contributed by atoms with van der Waals surface area (Å²) in [7, 11) is 3.80. The predicted molar refractivity (Wildman–Crippen MR) is 113 cm³/mol. The zero-order valence-corrected chi connectivity index (χ0v) is 17.8. The van der Waals surface area contributed by atoms with Crippen LogP contribution in [0.2, 0.25) is 10.0 Å². The van der Waals surface area contributed by atoms with E-state index in [9.17, 15) is 0 Å². The Morgan fingerprint density at radius 3 is 2.74 bits per heavy atom. The van der Waals surface area contributed by atoms with Gasteiger partial charge in [-0.25, -0.2) is 0 Å². The number of rotatable bonds is 4. The van der Waals surface area contributed by atoms with Gasteiger partial charge in [0.1, 0.15) is 0 Å². The van der Waals surface area contributed by atoms with Crippen LogP contribution in [0.4, 0.5) is 0 Å². The maximum absolute atomic E-state index is 6.20. The van der Waals surface area contributed by atoms with Gasteiger partial charge in [-0.05, 0) is 29.7 Å². The molecule has 0 spiro atoms. The fraction of sp³-hybridized carbons (Fsp3) is 0.500. The molecule has 146 valence electrons. The predicted octanol–water partition coefficient (Wildman–Crippen LogP) is 4.07. The van der Waals surface area contributed by atoms with Crippen molar-refractivity contribution >= 4 is 29.2 Å². The Bertz CT molecular complexity index is 828. The number of nitrogens with zero attached hydrogens (tertiary/aromatic N) is 4. The molecule has 1 N–H and O–H groups in total. The number of guanidine groups is 1. The van der Waals surface area contributed by atoms with E-state index in [-0.39, 0.29) is 5.41 Å². The molecule has 7 heteroatoms. The Hall–Kier alpha value is -1.72. The maximum atomic E-state index is 6.20. The van der Waals surface area contributed by atoms with Gasteiger partial charge in [-0.1, -0.05) is 43.1 Å². The standard InChI is InChI=1S/C20H27Cl2N5/c1-20(2,16-5-6-17(21)18(22)9-16)13-24-19(23-3)27-8-7-14(12-27)15-10-25-26(4)11-15/h5-6,9-11,14H,7-8,12-13H2,1-4H3,(H,23,24). The molecular weight excluding hydrogens is 381 g/mol. The van der Waals surface area contributed by atoms with Gasteiger partial charge in [0.15, 0.2) is 5.96 Å². The summed E-state index contributed by atoms with van der Waals surface area (Å²) in [5, 5.41) is 9.01. The first-order chi connectivity index (χ1) is 12.8. The molecule has 2 heterocycles. The number of nitrogens with one attached hydrogen (secondary N) is 1. The van der Waals surface area contributed by atoms with Crippen LogP contribution in [0, 0.1) is 0 Å². The molecule has 3 rings (SSSR count). The first kappa shape index (κ1) is 20.0. The van der Waals surface area contributed by atoms with E-state index in [1.54, 1.807) is 0 Å². The van der Waals surface area contributed by atoms with E-state index in [0.717, 1.165) is 37.6 Å². The lowest BCUT2D eigenvalue weighted by Gasteiger charge is -2.29. The monoisotopic (exact) mass is 407 g/mol. The van der Waals surface area contributed by atoms with E-state index >= 15 is 0 Å². The van der Waals surface area contributed by atoms with E-state index in [1.165, 1.54) is 5.56 Å². The Labute approximate surface area is 171 Å². The normalized spacial score (nSPS) is 18.2. The van der Waals surface area contributed by atoms with Crippen molar-refractivity contribution in [3.63, 3.8) is 0 Å². The number of aromatic nitrogens is 2. The number of benzene rings is 1. The van der Waals surface area contributed by atoms with Gasteiger partial charge in [-0.15, -0.1) is 0 Å². The Morgan fingerprint density at radius 2 is 2.11 bits per heavy atom. The number of halogens is 2. The number of hydrogen-bond donors (Lipinski definition) is 1. The molecule has 0 amide bonds. The Morgan fingerprint density at radius 1 is 1.33 bits per heavy atom. The van der Waals surface area contributed by atoms with Crippen LogP contribution in [0.25, 0.3) is 0 Å². The second-order valence-corrected chi connectivity index (χ2v) is 8.61. The highest BCUT2D eigenvalue weighted by Crippen LogP contribution is 2.30. The van der Waals surface area contributed by atoms with E-state index < -0.39 is 0 Å². The van der Waals surface area contributed by atoms with Crippen LogP contribution in [0.5, 0.6) is 0 Å². The second kappa shape index (κ2) is 8.11. The highest BCUT2D eigenvalue weighted by Gasteiger charge is 2.28. The number of likely N-dealkylation sites (tertiary alicyclic amines) is 1. The van der Waals surface area contributed by atoms with Crippen molar-refractivity contribution in [1.82, 2.24) is 20.0 Å². The minimum atomic E-state index is -0.105. The van der Waals surface area contributed by atoms with Crippen molar-refractivity contribution in [3.05, 3.63) is 51.8 Å². The molecule has 1 aromatic carbocycles. The molecule has 0 aliphatic carbocycles. The smallest absolute Gasteiger partial charge is 0.193 e. The number of hydrogen-bond acceptors (Lipinski definition) is 2. The van der Waals surface area contributed by atoms with Gasteiger partial charge in [0.2, 0.25) is 0 Å². The lowest BCUT2D eigenvalue weighted by molar-refractivity contribution is 0.454. The third kappa shape index (κ3) is 4.58. The van der Waals surface area contributed by atoms with Gasteiger partial charge < -0.3 is 10.2 Å². The molecule has 0 radical (unpaired) electrons. The molecule has 1 atom stereocenters. The quantitative estimate of drug-likeness (QED) is 0.613. The van der Waals surface area contributed by atoms with Crippen LogP contribution in [-0.2, 0) is 12.5 Å². The van der Waals surface area contributed by atoms with Crippen molar-refractivity contribution in [2.75, 3.05) is 26.7 Å². The van der Waals surface area contributed by atoms with Gasteiger partial charge in [-0.2, -0.15) is 5.10 Å². The Kier molecular flexibility index (Phi) is 6.02. The molecule has 2 aromatic rings. The molecule has 1 fully saturated rings. The molecule has 5 nitrogen and oxygen atoms in total. The van der Waals surface area contributed by atoms with Gasteiger partial charge >= 0.3 is 0 Å². The summed E-state index contributed by atoms with van der Waals surface area (Å²) in [5.41, 5.74) is 2.34. The third-order valence-corrected chi connectivity index (χ3v) is 6.02. The molecule has 1 saturated heterocycles. The molecule has 0 bridgehead atoms. The molecule has 1 aromatic heterocycles. The summed E-state index contributed by atoms with van der Waals surface area (Å²) < 4.78 is 1.87. The van der Waals surface area contributed by atoms with Crippen LogP contribution < -0.4 is 5.32 Å². The van der Waals surface area contributed by atoms with Gasteiger partial charge in [0.25, 0.3) is 0 Å². The van der Waals surface area contributed by atoms with Gasteiger partial charge in [0, 0.05) is 51.3 Å². The van der Waals surface area contributed by atoms with E-state index in [0.29, 0.717) is 16.0 Å². The molecule has 1 aliphatic rings. The van der Waals surface area contributed by atoms with Crippen LogP contribution in [0.1, 0.15) is 37.3 Å². The van der Waals surface area contributed by atoms with Crippen molar-refractivity contribution < 1.29 is 0 Å². The molecule has 27 heavy (non-hydrogen) atoms. The van der Waals surface area contributed by atoms with Gasteiger partial charge in [0.05, 0.1) is 16.2 Å². The maximum Gasteiger partial charge on any atom is 0.193 e. The average molecular weight is 408 g/mol. The van der Waals surface area contributed by atoms with Crippen molar-refractivity contribution in [3.8, 4) is 0 Å². The summed E-state index contributed by atoms with van der Waals surface area (Å²) in [6.45, 7) is 7.08. The third-order valence-electron chi connectivity index (χ3n) is 5.29. The molecule has 1 aliphatic heterocycles. The molecule has 1 unspecified atom stereocenters. The summed E-state index contributed by atoms with van der Waals surface area (Å²) in [5.74, 6) is 1.44. The minimum Gasteiger partial charge on any atom is -0.355 e. The second-order valence-electron chi connectivity index (χ2n) is 7.79. The Balaban J connectivity index is 1.63. The van der Waals surface area contributed by atoms with Crippen LogP contribution in [0.15, 0.2) is 35.6 Å². The fourth-order valence-electron chi connectivity index (χ4n) is 3.53. The van der Waals surface area contributed by atoms with Crippen molar-refractivity contribution in [2.24, 2.45) is 12.0 Å². The summed E-state index contributed by atoms with van der Waals surface area (Å²) in [6, 6.07) is 5.84. The van der Waals surface area contributed by atoms with Crippen LogP contribution in [-0.4, -0.2) is 47.3 Å². The van der Waals surface area contributed by atoms with Crippen LogP contribution in [0.3, 0.4) is 0 Å². The highest BCUT2D eigenvalue weighted by molar-refractivity contribution is 6.42. The zero-order valence-electron chi connectivity index (χ0n) is 16.3. The first-order valence-corrected chi connectivity index (χ1v) is 9.95. The summed E-state index contributed by atoms with van der Waals surface area (Å²) >= 11 is 12.3. The summed E-state index contributed by atoms with van der Waals surface area (Å²) in [4.78, 5) is 6.82. The van der Waals surface area contributed by atoms with Gasteiger partial charge in [-0.3, -0.25) is 9.67 Å². The minimum absolute atomic E-state index is 0.105. The lowest BCUT2D eigenvalue weighted by atomic mass is 9.84. The lowest BCUT2D eigenvalue weighted by Crippen LogP contribution is -2.45. The highest BCUT2D eigenvalue weighted by atomic mass is 35.5. The molecule has 0 saturated carbocycles. The van der Waals surface area contributed by atoms with E-state index in [4.69, 9.17) is 23.2 Å². The zero-order chi connectivity index (χ0) is 19.6. The van der Waals surface area contributed by atoms with E-state index in [2.05, 4.69) is 40.4 Å². The number of aliphatic imine (C=N–C) groups is 1. The van der Waals surface area contributed by atoms with E-state index in [1.807, 2.05) is 43.2 Å². The van der Waals surface area contributed by atoms with Crippen molar-refractivity contribution in [2.45, 2.75) is 31.6 Å². The van der Waals surface area contributed by atoms with Crippen LogP contribution >= 0.6 is 23.2 Å². The van der Waals surface area contributed by atoms with Crippen molar-refractivity contribution in [1.29, 1.82) is 0 Å². The average Bonchev–Trinajstić information content (AvgIpc) is 3.27. The topological polar surface area (TPSA) is 45.5 Å². The number of aryl methyl sites for hydroxylation is 1. The first-order valence-electron chi connectivity index (χ1n) is 9.20. The SMILES string of the molecule is CN=C(NCC(C)(C)c1ccc(Cl)c(Cl)c1)N1CCC(c2cnn(C)c2)C1.